The molecule has 1 aromatic heterocycles. The summed E-state index contributed by atoms with van der Waals surface area (Å²) in [6.45, 7) is 7.12. The molecule has 0 radical (unpaired) electrons. The van der Waals surface area contributed by atoms with E-state index in [9.17, 15) is 4.79 Å². The summed E-state index contributed by atoms with van der Waals surface area (Å²) in [6.07, 6.45) is 3.46. The van der Waals surface area contributed by atoms with Crippen LogP contribution in [0.4, 0.5) is 0 Å². The lowest BCUT2D eigenvalue weighted by atomic mass is 9.95. The molecule has 0 saturated heterocycles. The Morgan fingerprint density at radius 3 is 2.62 bits per heavy atom. The maximum Gasteiger partial charge on any atom is 0.245 e. The second-order valence-electron chi connectivity index (χ2n) is 6.30. The average molecular weight is 329 g/mol. The number of benzene rings is 1. The fraction of sp³-hybridized carbons (Fsp3) is 0.444. The van der Waals surface area contributed by atoms with Crippen LogP contribution in [-0.2, 0) is 4.79 Å². The summed E-state index contributed by atoms with van der Waals surface area (Å²) in [4.78, 5) is 12.6. The number of carbonyl (C=O) groups excluding carboxylic acids is 1. The van der Waals surface area contributed by atoms with Gasteiger partial charge in [-0.25, -0.2) is 0 Å². The molecule has 1 amide bonds. The zero-order valence-electron chi connectivity index (χ0n) is 14.2. The standard InChI is InChI=1S/C18H23N3O3/c1-12(2)17(20-18(22)13(3)21-8-4-7-19-21)14-5-6-15-16(11-14)24-10-9-23-15/h4-8,11-13,17H,9-10H2,1-3H3,(H,20,22). The van der Waals surface area contributed by atoms with E-state index in [1.807, 2.05) is 31.2 Å². The van der Waals surface area contributed by atoms with E-state index in [1.54, 1.807) is 17.1 Å². The maximum atomic E-state index is 12.6. The van der Waals surface area contributed by atoms with E-state index in [2.05, 4.69) is 24.3 Å². The molecule has 24 heavy (non-hydrogen) atoms. The summed E-state index contributed by atoms with van der Waals surface area (Å²) in [6, 6.07) is 7.19. The molecule has 0 saturated carbocycles. The van der Waals surface area contributed by atoms with Crippen molar-refractivity contribution < 1.29 is 14.3 Å². The summed E-state index contributed by atoms with van der Waals surface area (Å²) in [5, 5.41) is 7.27. The number of amides is 1. The minimum Gasteiger partial charge on any atom is -0.486 e. The molecule has 1 aromatic carbocycles. The fourth-order valence-corrected chi connectivity index (χ4v) is 2.79. The van der Waals surface area contributed by atoms with Crippen LogP contribution in [0.1, 0.15) is 38.4 Å². The van der Waals surface area contributed by atoms with Gasteiger partial charge in [0.2, 0.25) is 5.91 Å². The van der Waals surface area contributed by atoms with Gasteiger partial charge in [0.25, 0.3) is 0 Å². The first-order valence-corrected chi connectivity index (χ1v) is 8.25. The first-order chi connectivity index (χ1) is 11.6. The molecule has 0 fully saturated rings. The lowest BCUT2D eigenvalue weighted by molar-refractivity contribution is -0.125. The molecule has 1 N–H and O–H groups in total. The van der Waals surface area contributed by atoms with E-state index >= 15 is 0 Å². The molecule has 1 aliphatic rings. The van der Waals surface area contributed by atoms with Crippen LogP contribution in [0, 0.1) is 5.92 Å². The van der Waals surface area contributed by atoms with Gasteiger partial charge in [-0.3, -0.25) is 9.48 Å². The Balaban J connectivity index is 1.78. The highest BCUT2D eigenvalue weighted by Crippen LogP contribution is 2.34. The molecule has 0 bridgehead atoms. The normalized spacial score (nSPS) is 15.8. The number of carbonyl (C=O) groups is 1. The summed E-state index contributed by atoms with van der Waals surface area (Å²) in [5.74, 6) is 1.66. The smallest absolute Gasteiger partial charge is 0.245 e. The van der Waals surface area contributed by atoms with Crippen molar-refractivity contribution in [2.75, 3.05) is 13.2 Å². The number of ether oxygens (including phenoxy) is 2. The van der Waals surface area contributed by atoms with Crippen LogP contribution in [0.25, 0.3) is 0 Å². The van der Waals surface area contributed by atoms with Gasteiger partial charge in [0.05, 0.1) is 6.04 Å². The van der Waals surface area contributed by atoms with Crippen molar-refractivity contribution in [3.8, 4) is 11.5 Å². The fourth-order valence-electron chi connectivity index (χ4n) is 2.79. The van der Waals surface area contributed by atoms with Crippen molar-refractivity contribution in [3.63, 3.8) is 0 Å². The lowest BCUT2D eigenvalue weighted by Crippen LogP contribution is -2.36. The molecule has 128 valence electrons. The van der Waals surface area contributed by atoms with E-state index in [-0.39, 0.29) is 23.9 Å². The second kappa shape index (κ2) is 6.95. The predicted octanol–water partition coefficient (Wildman–Crippen LogP) is 2.73. The number of nitrogens with zero attached hydrogens (tertiary/aromatic N) is 2. The predicted molar refractivity (Wildman–Crippen MR) is 90.1 cm³/mol. The van der Waals surface area contributed by atoms with Crippen molar-refractivity contribution in [3.05, 3.63) is 42.2 Å². The van der Waals surface area contributed by atoms with Gasteiger partial charge in [-0.2, -0.15) is 5.10 Å². The van der Waals surface area contributed by atoms with Crippen molar-refractivity contribution in [2.45, 2.75) is 32.9 Å². The minimum atomic E-state index is -0.363. The van der Waals surface area contributed by atoms with Gasteiger partial charge >= 0.3 is 0 Å². The lowest BCUT2D eigenvalue weighted by Gasteiger charge is -2.26. The van der Waals surface area contributed by atoms with Crippen LogP contribution >= 0.6 is 0 Å². The molecule has 2 unspecified atom stereocenters. The second-order valence-corrected chi connectivity index (χ2v) is 6.30. The van der Waals surface area contributed by atoms with Gasteiger partial charge in [0.15, 0.2) is 11.5 Å². The molecular weight excluding hydrogens is 306 g/mol. The highest BCUT2D eigenvalue weighted by Gasteiger charge is 2.24. The van der Waals surface area contributed by atoms with Crippen LogP contribution in [0.5, 0.6) is 11.5 Å². The Morgan fingerprint density at radius 1 is 1.21 bits per heavy atom. The third-order valence-corrected chi connectivity index (χ3v) is 4.19. The third kappa shape index (κ3) is 3.37. The number of aromatic nitrogens is 2. The number of rotatable bonds is 5. The van der Waals surface area contributed by atoms with E-state index in [1.165, 1.54) is 0 Å². The first-order valence-electron chi connectivity index (χ1n) is 8.25. The molecule has 1 aliphatic heterocycles. The molecule has 6 heteroatoms. The Labute approximate surface area is 141 Å². The monoisotopic (exact) mass is 329 g/mol. The van der Waals surface area contributed by atoms with E-state index in [0.717, 1.165) is 17.1 Å². The van der Waals surface area contributed by atoms with Gasteiger partial charge in [0.1, 0.15) is 19.3 Å². The van der Waals surface area contributed by atoms with Crippen LogP contribution in [0.2, 0.25) is 0 Å². The molecule has 6 nitrogen and oxygen atoms in total. The number of fused-ring (bicyclic) bond motifs is 1. The molecule has 0 spiro atoms. The molecule has 0 aliphatic carbocycles. The van der Waals surface area contributed by atoms with Crippen LogP contribution < -0.4 is 14.8 Å². The number of hydrogen-bond acceptors (Lipinski definition) is 4. The summed E-state index contributed by atoms with van der Waals surface area (Å²) < 4.78 is 12.9. The van der Waals surface area contributed by atoms with Gasteiger partial charge in [0, 0.05) is 12.4 Å². The summed E-state index contributed by atoms with van der Waals surface area (Å²) >= 11 is 0. The van der Waals surface area contributed by atoms with E-state index < -0.39 is 0 Å². The zero-order valence-corrected chi connectivity index (χ0v) is 14.2. The average Bonchev–Trinajstić information content (AvgIpc) is 3.12. The largest absolute Gasteiger partial charge is 0.486 e. The summed E-state index contributed by atoms with van der Waals surface area (Å²) in [5.41, 5.74) is 1.01. The van der Waals surface area contributed by atoms with Gasteiger partial charge in [-0.1, -0.05) is 19.9 Å². The molecule has 2 atom stereocenters. The van der Waals surface area contributed by atoms with Crippen LogP contribution in [-0.4, -0.2) is 28.9 Å². The van der Waals surface area contributed by atoms with Crippen molar-refractivity contribution in [1.29, 1.82) is 0 Å². The highest BCUT2D eigenvalue weighted by atomic mass is 16.6. The topological polar surface area (TPSA) is 65.4 Å². The summed E-state index contributed by atoms with van der Waals surface area (Å²) in [7, 11) is 0. The first kappa shape index (κ1) is 16.4. The molecule has 2 heterocycles. The van der Waals surface area contributed by atoms with Gasteiger partial charge in [-0.15, -0.1) is 0 Å². The minimum absolute atomic E-state index is 0.0627. The van der Waals surface area contributed by atoms with Gasteiger partial charge in [-0.05, 0) is 36.6 Å². The number of nitrogens with one attached hydrogen (secondary N) is 1. The maximum absolute atomic E-state index is 12.6. The SMILES string of the molecule is CC(C)C(NC(=O)C(C)n1cccn1)c1ccc2c(c1)OCCO2. The molecular formula is C18H23N3O3. The van der Waals surface area contributed by atoms with Crippen molar-refractivity contribution >= 4 is 5.91 Å². The quantitative estimate of drug-likeness (QED) is 0.916. The van der Waals surface area contributed by atoms with Crippen LogP contribution in [0.15, 0.2) is 36.7 Å². The molecule has 3 rings (SSSR count). The van der Waals surface area contributed by atoms with E-state index in [0.29, 0.717) is 13.2 Å². The Kier molecular flexibility index (Phi) is 4.74. The Bertz CT molecular complexity index is 698. The van der Waals surface area contributed by atoms with Crippen LogP contribution in [0.3, 0.4) is 0 Å². The highest BCUT2D eigenvalue weighted by molar-refractivity contribution is 5.80. The Morgan fingerprint density at radius 2 is 1.96 bits per heavy atom. The molecule has 2 aromatic rings. The van der Waals surface area contributed by atoms with Crippen molar-refractivity contribution in [2.24, 2.45) is 5.92 Å². The number of hydrogen-bond donors (Lipinski definition) is 1. The van der Waals surface area contributed by atoms with E-state index in [4.69, 9.17) is 9.47 Å². The Hall–Kier alpha value is -2.50. The van der Waals surface area contributed by atoms with Crippen molar-refractivity contribution in [1.82, 2.24) is 15.1 Å². The van der Waals surface area contributed by atoms with Gasteiger partial charge < -0.3 is 14.8 Å². The third-order valence-electron chi connectivity index (χ3n) is 4.19. The zero-order chi connectivity index (χ0) is 17.1.